The molecule has 0 aliphatic heterocycles. The Labute approximate surface area is 179 Å². The number of halogens is 1. The Morgan fingerprint density at radius 2 is 1.67 bits per heavy atom. The minimum atomic E-state index is -1.11. The van der Waals surface area contributed by atoms with Gasteiger partial charge in [-0.05, 0) is 36.2 Å². The lowest BCUT2D eigenvalue weighted by Crippen LogP contribution is -2.28. The summed E-state index contributed by atoms with van der Waals surface area (Å²) in [4.78, 5) is 35.9. The third kappa shape index (κ3) is 6.12. The van der Waals surface area contributed by atoms with Crippen LogP contribution in [0.4, 0.5) is 10.5 Å². The number of nitrogens with one attached hydrogen (secondary N) is 1. The molecule has 1 N–H and O–H groups in total. The molecule has 1 amide bonds. The van der Waals surface area contributed by atoms with Crippen LogP contribution in [-0.4, -0.2) is 39.4 Å². The van der Waals surface area contributed by atoms with E-state index in [1.54, 1.807) is 42.5 Å². The fourth-order valence-electron chi connectivity index (χ4n) is 2.71. The zero-order valence-electron chi connectivity index (χ0n) is 16.8. The van der Waals surface area contributed by atoms with Gasteiger partial charge in [0.15, 0.2) is 5.92 Å². The number of para-hydroxylation sites is 1. The van der Waals surface area contributed by atoms with E-state index < -0.39 is 23.9 Å². The maximum absolute atomic E-state index is 12.1. The molecule has 0 saturated heterocycles. The predicted molar refractivity (Wildman–Crippen MR) is 109 cm³/mol. The minimum Gasteiger partial charge on any atom is -0.496 e. The highest BCUT2D eigenvalue weighted by Gasteiger charge is 2.29. The van der Waals surface area contributed by atoms with Crippen molar-refractivity contribution in [2.24, 2.45) is 5.92 Å². The number of amides is 1. The zero-order chi connectivity index (χ0) is 22.1. The molecular formula is C21H22ClNO7. The highest BCUT2D eigenvalue weighted by Crippen LogP contribution is 2.24. The largest absolute Gasteiger partial charge is 0.496 e. The van der Waals surface area contributed by atoms with Crippen molar-refractivity contribution >= 4 is 35.3 Å². The average Bonchev–Trinajstić information content (AvgIpc) is 2.76. The number of benzene rings is 2. The van der Waals surface area contributed by atoms with Gasteiger partial charge < -0.3 is 18.9 Å². The van der Waals surface area contributed by atoms with Crippen LogP contribution in [0.3, 0.4) is 0 Å². The van der Waals surface area contributed by atoms with Gasteiger partial charge in [-0.15, -0.1) is 0 Å². The number of carbonyl (C=O) groups excluding carboxylic acids is 3. The van der Waals surface area contributed by atoms with Gasteiger partial charge in [-0.25, -0.2) is 4.79 Å². The number of anilines is 1. The van der Waals surface area contributed by atoms with Crippen molar-refractivity contribution in [2.75, 3.05) is 26.6 Å². The summed E-state index contributed by atoms with van der Waals surface area (Å²) in [7, 11) is 3.88. The molecule has 0 spiro atoms. The second-order valence-electron chi connectivity index (χ2n) is 6.13. The van der Waals surface area contributed by atoms with Crippen LogP contribution in [0.25, 0.3) is 0 Å². The summed E-state index contributed by atoms with van der Waals surface area (Å²) < 4.78 is 19.9. The third-order valence-electron chi connectivity index (χ3n) is 4.23. The number of ether oxygens (including phenoxy) is 4. The topological polar surface area (TPSA) is 100 Å². The number of rotatable bonds is 8. The van der Waals surface area contributed by atoms with Gasteiger partial charge in [0.05, 0.1) is 32.0 Å². The molecule has 2 aromatic rings. The highest BCUT2D eigenvalue weighted by atomic mass is 35.5. The van der Waals surface area contributed by atoms with Crippen molar-refractivity contribution in [2.45, 2.75) is 13.0 Å². The van der Waals surface area contributed by atoms with Crippen molar-refractivity contribution < 1.29 is 33.3 Å². The zero-order valence-corrected chi connectivity index (χ0v) is 17.5. The molecule has 0 atom stereocenters. The number of hydrogen-bond acceptors (Lipinski definition) is 7. The first-order valence-electron chi connectivity index (χ1n) is 8.89. The third-order valence-corrected chi connectivity index (χ3v) is 4.55. The van der Waals surface area contributed by atoms with E-state index in [-0.39, 0.29) is 13.0 Å². The first-order chi connectivity index (χ1) is 14.4. The summed E-state index contributed by atoms with van der Waals surface area (Å²) in [5.74, 6) is -2.02. The first kappa shape index (κ1) is 23.0. The van der Waals surface area contributed by atoms with Crippen molar-refractivity contribution in [3.05, 3.63) is 58.6 Å². The lowest BCUT2D eigenvalue weighted by atomic mass is 9.97. The first-order valence-corrected chi connectivity index (χ1v) is 9.27. The lowest BCUT2D eigenvalue weighted by Gasteiger charge is -2.15. The smallest absolute Gasteiger partial charge is 0.412 e. The molecule has 0 aromatic heterocycles. The standard InChI is InChI=1S/C21H22ClNO7/c1-27-18-9-8-13(11-15(19(24)28-2)20(25)29-3)10-14(18)12-30-21(26)23-17-7-5-4-6-16(17)22/h4-10,15H,11-12H2,1-3H3,(H,23,26). The Kier molecular flexibility index (Phi) is 8.49. The normalized spacial score (nSPS) is 10.3. The molecule has 2 aromatic carbocycles. The van der Waals surface area contributed by atoms with Gasteiger partial charge in [0, 0.05) is 5.56 Å². The number of hydrogen-bond donors (Lipinski definition) is 1. The summed E-state index contributed by atoms with van der Waals surface area (Å²) in [6, 6.07) is 11.8. The minimum absolute atomic E-state index is 0.0577. The van der Waals surface area contributed by atoms with Crippen molar-refractivity contribution in [1.82, 2.24) is 0 Å². The van der Waals surface area contributed by atoms with E-state index in [0.717, 1.165) is 0 Å². The molecule has 0 aliphatic carbocycles. The fraction of sp³-hybridized carbons (Fsp3) is 0.286. The Bertz CT molecular complexity index is 900. The Morgan fingerprint density at radius 3 is 2.27 bits per heavy atom. The van der Waals surface area contributed by atoms with Crippen molar-refractivity contribution in [3.8, 4) is 5.75 Å². The summed E-state index contributed by atoms with van der Waals surface area (Å²) in [6.07, 6.45) is -0.639. The molecule has 0 unspecified atom stereocenters. The molecule has 30 heavy (non-hydrogen) atoms. The Hall–Kier alpha value is -3.26. The van der Waals surface area contributed by atoms with E-state index in [9.17, 15) is 14.4 Å². The van der Waals surface area contributed by atoms with Crippen molar-refractivity contribution in [1.29, 1.82) is 0 Å². The van der Waals surface area contributed by atoms with E-state index in [1.807, 2.05) is 0 Å². The summed E-state index contributed by atoms with van der Waals surface area (Å²) in [5, 5.41) is 2.93. The second kappa shape index (κ2) is 11.1. The summed E-state index contributed by atoms with van der Waals surface area (Å²) in [5.41, 5.74) is 1.61. The van der Waals surface area contributed by atoms with Crippen LogP contribution in [0.1, 0.15) is 11.1 Å². The van der Waals surface area contributed by atoms with Gasteiger partial charge in [0.2, 0.25) is 0 Å². The molecule has 0 fully saturated rings. The number of methoxy groups -OCH3 is 3. The maximum Gasteiger partial charge on any atom is 0.412 e. The lowest BCUT2D eigenvalue weighted by molar-refractivity contribution is -0.158. The molecular weight excluding hydrogens is 414 g/mol. The van der Waals surface area contributed by atoms with Crippen LogP contribution in [-0.2, 0) is 36.8 Å². The molecule has 0 radical (unpaired) electrons. The van der Waals surface area contributed by atoms with Gasteiger partial charge >= 0.3 is 18.0 Å². The van der Waals surface area contributed by atoms with E-state index >= 15 is 0 Å². The van der Waals surface area contributed by atoms with Gasteiger partial charge in [0.1, 0.15) is 12.4 Å². The predicted octanol–water partition coefficient (Wildman–Crippen LogP) is 3.60. The Balaban J connectivity index is 2.11. The van der Waals surface area contributed by atoms with Gasteiger partial charge in [-0.3, -0.25) is 14.9 Å². The summed E-state index contributed by atoms with van der Waals surface area (Å²) in [6.45, 7) is -0.103. The van der Waals surface area contributed by atoms with E-state index in [4.69, 9.17) is 21.1 Å². The second-order valence-corrected chi connectivity index (χ2v) is 6.54. The van der Waals surface area contributed by atoms with Gasteiger partial charge in [-0.1, -0.05) is 29.8 Å². The van der Waals surface area contributed by atoms with E-state index in [1.165, 1.54) is 21.3 Å². The molecule has 2 rings (SSSR count). The molecule has 0 aliphatic rings. The molecule has 8 nitrogen and oxygen atoms in total. The van der Waals surface area contributed by atoms with Crippen LogP contribution in [0.2, 0.25) is 5.02 Å². The molecule has 0 heterocycles. The van der Waals surface area contributed by atoms with E-state index in [0.29, 0.717) is 27.6 Å². The monoisotopic (exact) mass is 435 g/mol. The van der Waals surface area contributed by atoms with Crippen LogP contribution < -0.4 is 10.1 Å². The van der Waals surface area contributed by atoms with Crippen LogP contribution in [0.15, 0.2) is 42.5 Å². The quantitative estimate of drug-likeness (QED) is 0.384. The number of esters is 2. The molecule has 0 bridgehead atoms. The van der Waals surface area contributed by atoms with Crippen LogP contribution >= 0.6 is 11.6 Å². The molecule has 0 saturated carbocycles. The van der Waals surface area contributed by atoms with E-state index in [2.05, 4.69) is 14.8 Å². The average molecular weight is 436 g/mol. The van der Waals surface area contributed by atoms with Gasteiger partial charge in [-0.2, -0.15) is 0 Å². The van der Waals surface area contributed by atoms with Crippen LogP contribution in [0, 0.1) is 5.92 Å². The number of carbonyl (C=O) groups is 3. The van der Waals surface area contributed by atoms with Gasteiger partial charge in [0.25, 0.3) is 0 Å². The highest BCUT2D eigenvalue weighted by molar-refractivity contribution is 6.33. The SMILES string of the molecule is COC(=O)C(Cc1ccc(OC)c(COC(=O)Nc2ccccc2Cl)c1)C(=O)OC. The Morgan fingerprint density at radius 1 is 1.00 bits per heavy atom. The fourth-order valence-corrected chi connectivity index (χ4v) is 2.89. The maximum atomic E-state index is 12.1. The van der Waals surface area contributed by atoms with Crippen LogP contribution in [0.5, 0.6) is 5.75 Å². The molecule has 160 valence electrons. The van der Waals surface area contributed by atoms with Crippen molar-refractivity contribution in [3.63, 3.8) is 0 Å². The summed E-state index contributed by atoms with van der Waals surface area (Å²) >= 11 is 6.01. The molecule has 9 heteroatoms.